The summed E-state index contributed by atoms with van der Waals surface area (Å²) >= 11 is 0. The zero-order valence-corrected chi connectivity index (χ0v) is 15.0. The lowest BCUT2D eigenvalue weighted by molar-refractivity contribution is 0.325. The van der Waals surface area contributed by atoms with E-state index in [0.29, 0.717) is 18.0 Å². The van der Waals surface area contributed by atoms with E-state index in [-0.39, 0.29) is 29.4 Å². The highest BCUT2D eigenvalue weighted by atomic mass is 35.5. The van der Waals surface area contributed by atoms with Crippen LogP contribution in [0.4, 0.5) is 0 Å². The second kappa shape index (κ2) is 7.25. The summed E-state index contributed by atoms with van der Waals surface area (Å²) < 4.78 is 38.8. The van der Waals surface area contributed by atoms with Gasteiger partial charge in [-0.3, -0.25) is 0 Å². The number of hydrogen-bond donors (Lipinski definition) is 1. The summed E-state index contributed by atoms with van der Waals surface area (Å²) in [6.45, 7) is 1.56. The van der Waals surface area contributed by atoms with Gasteiger partial charge in [0.05, 0.1) is 14.2 Å². The molecule has 3 rings (SSSR count). The summed E-state index contributed by atoms with van der Waals surface area (Å²) in [5, 5.41) is 3.32. The van der Waals surface area contributed by atoms with E-state index < -0.39 is 10.0 Å². The molecule has 130 valence electrons. The summed E-state index contributed by atoms with van der Waals surface area (Å²) in [6, 6.07) is 5.11. The molecule has 2 saturated heterocycles. The van der Waals surface area contributed by atoms with Crippen molar-refractivity contribution in [1.82, 2.24) is 9.62 Å². The van der Waals surface area contributed by atoms with E-state index in [1.807, 2.05) is 0 Å². The van der Waals surface area contributed by atoms with E-state index >= 15 is 0 Å². The van der Waals surface area contributed by atoms with Crippen LogP contribution in [0.2, 0.25) is 0 Å². The predicted octanol–water partition coefficient (Wildman–Crippen LogP) is 1.64. The van der Waals surface area contributed by atoms with Gasteiger partial charge in [-0.25, -0.2) is 8.42 Å². The molecule has 8 heteroatoms. The standard InChI is InChI=1S/C15H22N2O4S.ClH/c1-20-13-4-3-5-14(21-2)15(13)22(18,19)17-11-6-7-12(17)10-16-9-8-11;/h3-5,11-12,16H,6-10H2,1-2H3;1H. The molecule has 2 unspecified atom stereocenters. The average Bonchev–Trinajstić information content (AvgIpc) is 2.80. The van der Waals surface area contributed by atoms with Crippen molar-refractivity contribution in [2.24, 2.45) is 0 Å². The van der Waals surface area contributed by atoms with Crippen LogP contribution in [0.15, 0.2) is 23.1 Å². The predicted molar refractivity (Wildman–Crippen MR) is 90.1 cm³/mol. The Bertz CT molecular complexity index is 617. The lowest BCUT2D eigenvalue weighted by Gasteiger charge is -2.28. The number of sulfonamides is 1. The van der Waals surface area contributed by atoms with Crippen LogP contribution in [0.5, 0.6) is 11.5 Å². The lowest BCUT2D eigenvalue weighted by atomic mass is 10.1. The second-order valence-electron chi connectivity index (χ2n) is 5.70. The summed E-state index contributed by atoms with van der Waals surface area (Å²) in [5.41, 5.74) is 0. The molecule has 2 fully saturated rings. The van der Waals surface area contributed by atoms with E-state index in [1.165, 1.54) is 14.2 Å². The van der Waals surface area contributed by atoms with Gasteiger partial charge < -0.3 is 14.8 Å². The van der Waals surface area contributed by atoms with E-state index in [0.717, 1.165) is 25.8 Å². The molecule has 0 radical (unpaired) electrons. The third-order valence-corrected chi connectivity index (χ3v) is 6.57. The molecule has 0 aromatic heterocycles. The SMILES string of the molecule is COc1cccc(OC)c1S(=O)(=O)N1C2CCNCC1CC2.Cl. The molecule has 1 aromatic carbocycles. The number of halogens is 1. The fourth-order valence-corrected chi connectivity index (χ4v) is 5.71. The number of ether oxygens (including phenoxy) is 2. The zero-order valence-electron chi connectivity index (χ0n) is 13.3. The van der Waals surface area contributed by atoms with Crippen LogP contribution in [0.1, 0.15) is 19.3 Å². The van der Waals surface area contributed by atoms with Crippen molar-refractivity contribution < 1.29 is 17.9 Å². The van der Waals surface area contributed by atoms with Gasteiger partial charge in [0.1, 0.15) is 11.5 Å². The van der Waals surface area contributed by atoms with E-state index in [2.05, 4.69) is 5.32 Å². The van der Waals surface area contributed by atoms with Gasteiger partial charge in [0.2, 0.25) is 0 Å². The number of hydrogen-bond acceptors (Lipinski definition) is 5. The molecule has 2 bridgehead atoms. The Balaban J connectivity index is 0.00000192. The van der Waals surface area contributed by atoms with Gasteiger partial charge in [0.15, 0.2) is 4.90 Å². The molecule has 2 aliphatic rings. The molecule has 0 amide bonds. The third-order valence-electron chi connectivity index (χ3n) is 4.51. The molecule has 1 aromatic rings. The Morgan fingerprint density at radius 1 is 1.09 bits per heavy atom. The van der Waals surface area contributed by atoms with E-state index in [1.54, 1.807) is 22.5 Å². The van der Waals surface area contributed by atoms with Crippen molar-refractivity contribution >= 4 is 22.4 Å². The topological polar surface area (TPSA) is 67.9 Å². The molecule has 23 heavy (non-hydrogen) atoms. The number of rotatable bonds is 4. The Kier molecular flexibility index (Phi) is 5.78. The normalized spacial score (nSPS) is 24.6. The maximum Gasteiger partial charge on any atom is 0.251 e. The first-order valence-electron chi connectivity index (χ1n) is 7.55. The number of nitrogens with one attached hydrogen (secondary N) is 1. The first-order valence-corrected chi connectivity index (χ1v) is 8.99. The van der Waals surface area contributed by atoms with Gasteiger partial charge in [0, 0.05) is 18.6 Å². The maximum atomic E-state index is 13.3. The largest absolute Gasteiger partial charge is 0.495 e. The van der Waals surface area contributed by atoms with Crippen LogP contribution in [-0.2, 0) is 10.0 Å². The second-order valence-corrected chi connectivity index (χ2v) is 7.48. The third kappa shape index (κ3) is 3.15. The van der Waals surface area contributed by atoms with Crippen LogP contribution in [0, 0.1) is 0 Å². The Morgan fingerprint density at radius 2 is 1.70 bits per heavy atom. The van der Waals surface area contributed by atoms with Crippen LogP contribution in [0.25, 0.3) is 0 Å². The van der Waals surface area contributed by atoms with Crippen molar-refractivity contribution in [3.05, 3.63) is 18.2 Å². The number of fused-ring (bicyclic) bond motifs is 2. The van der Waals surface area contributed by atoms with Crippen LogP contribution >= 0.6 is 12.4 Å². The minimum absolute atomic E-state index is 0. The fourth-order valence-electron chi connectivity index (χ4n) is 3.51. The molecule has 1 N–H and O–H groups in total. The number of nitrogens with zero attached hydrogens (tertiary/aromatic N) is 1. The minimum atomic E-state index is -3.66. The van der Waals surface area contributed by atoms with Gasteiger partial charge in [-0.05, 0) is 37.9 Å². The molecule has 0 aliphatic carbocycles. The van der Waals surface area contributed by atoms with Crippen LogP contribution in [0.3, 0.4) is 0 Å². The molecule has 6 nitrogen and oxygen atoms in total. The van der Waals surface area contributed by atoms with Crippen molar-refractivity contribution in [3.63, 3.8) is 0 Å². The van der Waals surface area contributed by atoms with E-state index in [9.17, 15) is 8.42 Å². The lowest BCUT2D eigenvalue weighted by Crippen LogP contribution is -2.42. The molecule has 2 aliphatic heterocycles. The van der Waals surface area contributed by atoms with Crippen molar-refractivity contribution in [1.29, 1.82) is 0 Å². The highest BCUT2D eigenvalue weighted by Crippen LogP contribution is 2.40. The molecule has 2 atom stereocenters. The summed E-state index contributed by atoms with van der Waals surface area (Å²) in [7, 11) is -0.706. The van der Waals surface area contributed by atoms with Gasteiger partial charge in [-0.15, -0.1) is 12.4 Å². The van der Waals surface area contributed by atoms with E-state index in [4.69, 9.17) is 9.47 Å². The average molecular weight is 363 g/mol. The van der Waals surface area contributed by atoms with Crippen molar-refractivity contribution in [3.8, 4) is 11.5 Å². The summed E-state index contributed by atoms with van der Waals surface area (Å²) in [5.74, 6) is 0.659. The smallest absolute Gasteiger partial charge is 0.251 e. The Morgan fingerprint density at radius 3 is 2.30 bits per heavy atom. The zero-order chi connectivity index (χ0) is 15.7. The van der Waals surface area contributed by atoms with Gasteiger partial charge in [-0.2, -0.15) is 4.31 Å². The highest BCUT2D eigenvalue weighted by Gasteiger charge is 2.45. The first-order chi connectivity index (χ1) is 10.6. The Hall–Kier alpha value is -1.02. The summed E-state index contributed by atoms with van der Waals surface area (Å²) in [4.78, 5) is 0.138. The summed E-state index contributed by atoms with van der Waals surface area (Å²) in [6.07, 6.45) is 2.66. The molecule has 0 spiro atoms. The Labute approximate surface area is 143 Å². The van der Waals surface area contributed by atoms with Crippen molar-refractivity contribution in [2.75, 3.05) is 27.3 Å². The molecule has 0 saturated carbocycles. The number of benzene rings is 1. The first kappa shape index (κ1) is 18.3. The maximum absolute atomic E-state index is 13.3. The molecule has 2 heterocycles. The number of methoxy groups -OCH3 is 2. The van der Waals surface area contributed by atoms with Crippen LogP contribution < -0.4 is 14.8 Å². The highest BCUT2D eigenvalue weighted by molar-refractivity contribution is 7.89. The van der Waals surface area contributed by atoms with Gasteiger partial charge >= 0.3 is 0 Å². The quantitative estimate of drug-likeness (QED) is 0.882. The monoisotopic (exact) mass is 362 g/mol. The van der Waals surface area contributed by atoms with Crippen molar-refractivity contribution in [2.45, 2.75) is 36.2 Å². The minimum Gasteiger partial charge on any atom is -0.495 e. The molecular weight excluding hydrogens is 340 g/mol. The van der Waals surface area contributed by atoms with Gasteiger partial charge in [-0.1, -0.05) is 6.07 Å². The van der Waals surface area contributed by atoms with Gasteiger partial charge in [0.25, 0.3) is 10.0 Å². The molecular formula is C15H23ClN2O4S. The van der Waals surface area contributed by atoms with Crippen LogP contribution in [-0.4, -0.2) is 52.1 Å². The fraction of sp³-hybridized carbons (Fsp3) is 0.600.